The predicted molar refractivity (Wildman–Crippen MR) is 56.7 cm³/mol. The molecule has 0 radical (unpaired) electrons. The SMILES string of the molecule is C=CC(CCCC=O)c1noc(C(C)(F)F)n1. The van der Waals surface area contributed by atoms with Gasteiger partial charge in [0.25, 0.3) is 5.89 Å². The molecule has 0 amide bonds. The first-order valence-corrected chi connectivity index (χ1v) is 5.27. The van der Waals surface area contributed by atoms with E-state index in [-0.39, 0.29) is 11.7 Å². The highest BCUT2D eigenvalue weighted by Crippen LogP contribution is 2.27. The van der Waals surface area contributed by atoms with E-state index in [1.807, 2.05) is 0 Å². The average Bonchev–Trinajstić information content (AvgIpc) is 2.73. The van der Waals surface area contributed by atoms with Gasteiger partial charge in [-0.1, -0.05) is 11.2 Å². The number of nitrogens with zero attached hydrogens (tertiary/aromatic N) is 2. The Morgan fingerprint density at radius 3 is 2.76 bits per heavy atom. The number of unbranched alkanes of at least 4 members (excludes halogenated alkanes) is 1. The highest BCUT2D eigenvalue weighted by atomic mass is 19.3. The fraction of sp³-hybridized carbons (Fsp3) is 0.545. The molecule has 1 rings (SSSR count). The molecule has 0 aliphatic heterocycles. The van der Waals surface area contributed by atoms with Gasteiger partial charge < -0.3 is 9.32 Å². The minimum Gasteiger partial charge on any atom is -0.333 e. The van der Waals surface area contributed by atoms with Crippen LogP contribution >= 0.6 is 0 Å². The number of allylic oxidation sites excluding steroid dienone is 1. The molecule has 17 heavy (non-hydrogen) atoms. The first kappa shape index (κ1) is 13.5. The highest BCUT2D eigenvalue weighted by Gasteiger charge is 2.32. The molecule has 4 nitrogen and oxygen atoms in total. The van der Waals surface area contributed by atoms with E-state index >= 15 is 0 Å². The fourth-order valence-electron chi connectivity index (χ4n) is 1.34. The van der Waals surface area contributed by atoms with Gasteiger partial charge in [-0.2, -0.15) is 13.8 Å². The number of aldehydes is 1. The van der Waals surface area contributed by atoms with E-state index in [9.17, 15) is 13.6 Å². The second-order valence-corrected chi connectivity index (χ2v) is 3.79. The van der Waals surface area contributed by atoms with E-state index in [4.69, 9.17) is 0 Å². The van der Waals surface area contributed by atoms with Crippen molar-refractivity contribution >= 4 is 6.29 Å². The van der Waals surface area contributed by atoms with E-state index in [0.717, 1.165) is 6.29 Å². The van der Waals surface area contributed by atoms with Gasteiger partial charge in [0.05, 0.1) is 0 Å². The largest absolute Gasteiger partial charge is 0.333 e. The van der Waals surface area contributed by atoms with Crippen molar-refractivity contribution in [1.82, 2.24) is 10.1 Å². The van der Waals surface area contributed by atoms with Crippen molar-refractivity contribution in [3.05, 3.63) is 24.4 Å². The van der Waals surface area contributed by atoms with E-state index in [0.29, 0.717) is 26.2 Å². The summed E-state index contributed by atoms with van der Waals surface area (Å²) in [5.41, 5.74) is 0. The Balaban J connectivity index is 2.72. The lowest BCUT2D eigenvalue weighted by atomic mass is 10.0. The monoisotopic (exact) mass is 244 g/mol. The van der Waals surface area contributed by atoms with Gasteiger partial charge in [0.2, 0.25) is 0 Å². The van der Waals surface area contributed by atoms with Crippen LogP contribution in [-0.2, 0) is 10.7 Å². The highest BCUT2D eigenvalue weighted by molar-refractivity contribution is 5.49. The summed E-state index contributed by atoms with van der Waals surface area (Å²) in [6, 6.07) is 0. The summed E-state index contributed by atoms with van der Waals surface area (Å²) in [4.78, 5) is 13.8. The quantitative estimate of drug-likeness (QED) is 0.420. The Hall–Kier alpha value is -1.59. The first-order valence-electron chi connectivity index (χ1n) is 5.27. The summed E-state index contributed by atoms with van der Waals surface area (Å²) in [6.07, 6.45) is 4.00. The van der Waals surface area contributed by atoms with E-state index in [1.54, 1.807) is 6.08 Å². The lowest BCUT2D eigenvalue weighted by Crippen LogP contribution is -2.08. The molecule has 0 bridgehead atoms. The van der Waals surface area contributed by atoms with E-state index in [2.05, 4.69) is 21.2 Å². The second-order valence-electron chi connectivity index (χ2n) is 3.79. The van der Waals surface area contributed by atoms with Gasteiger partial charge in [-0.15, -0.1) is 6.58 Å². The molecular formula is C11H14F2N2O2. The molecule has 94 valence electrons. The standard InChI is InChI=1S/C11H14F2N2O2/c1-3-8(6-4-5-7-16)9-14-10(17-15-9)11(2,12)13/h3,7-8H,1,4-6H2,2H3. The third kappa shape index (κ3) is 3.72. The van der Waals surface area contributed by atoms with E-state index in [1.165, 1.54) is 0 Å². The van der Waals surface area contributed by atoms with Crippen molar-refractivity contribution < 1.29 is 18.1 Å². The van der Waals surface area contributed by atoms with Crippen LogP contribution < -0.4 is 0 Å². The van der Waals surface area contributed by atoms with Gasteiger partial charge in [-0.05, 0) is 12.8 Å². The molecule has 0 aliphatic carbocycles. The molecule has 6 heteroatoms. The Labute approximate surface area is 97.7 Å². The van der Waals surface area contributed by atoms with Gasteiger partial charge in [-0.3, -0.25) is 0 Å². The van der Waals surface area contributed by atoms with Crippen LogP contribution in [0.15, 0.2) is 17.2 Å². The molecule has 1 aromatic heterocycles. The summed E-state index contributed by atoms with van der Waals surface area (Å²) in [5, 5.41) is 3.51. The number of hydrogen-bond acceptors (Lipinski definition) is 4. The van der Waals surface area contributed by atoms with Crippen molar-refractivity contribution in [1.29, 1.82) is 0 Å². The maximum Gasteiger partial charge on any atom is 0.322 e. The molecule has 0 saturated carbocycles. The van der Waals surface area contributed by atoms with Crippen LogP contribution in [0.2, 0.25) is 0 Å². The number of carbonyl (C=O) groups is 1. The van der Waals surface area contributed by atoms with Crippen molar-refractivity contribution in [2.45, 2.75) is 38.0 Å². The summed E-state index contributed by atoms with van der Waals surface area (Å²) in [7, 11) is 0. The number of alkyl halides is 2. The van der Waals surface area contributed by atoms with Crippen LogP contribution in [0, 0.1) is 0 Å². The summed E-state index contributed by atoms with van der Waals surface area (Å²) >= 11 is 0. The van der Waals surface area contributed by atoms with Gasteiger partial charge in [0.15, 0.2) is 5.82 Å². The van der Waals surface area contributed by atoms with Gasteiger partial charge in [0.1, 0.15) is 6.29 Å². The second kappa shape index (κ2) is 5.65. The summed E-state index contributed by atoms with van der Waals surface area (Å²) < 4.78 is 30.2. The Kier molecular flexibility index (Phi) is 4.48. The molecule has 0 aliphatic rings. The molecule has 0 spiro atoms. The maximum atomic E-state index is 12.9. The van der Waals surface area contributed by atoms with Crippen molar-refractivity contribution in [2.75, 3.05) is 0 Å². The number of aromatic nitrogens is 2. The number of carbonyl (C=O) groups excluding carboxylic acids is 1. The lowest BCUT2D eigenvalue weighted by Gasteiger charge is -2.05. The van der Waals surface area contributed by atoms with Gasteiger partial charge in [0, 0.05) is 19.3 Å². The Morgan fingerprint density at radius 2 is 2.29 bits per heavy atom. The van der Waals surface area contributed by atoms with Crippen LogP contribution in [0.4, 0.5) is 8.78 Å². The number of hydrogen-bond donors (Lipinski definition) is 0. The Morgan fingerprint density at radius 1 is 1.59 bits per heavy atom. The molecular weight excluding hydrogens is 230 g/mol. The zero-order valence-electron chi connectivity index (χ0n) is 9.53. The predicted octanol–water partition coefficient (Wildman–Crippen LogP) is 2.82. The molecule has 0 fully saturated rings. The molecule has 1 unspecified atom stereocenters. The zero-order chi connectivity index (χ0) is 12.9. The summed E-state index contributed by atoms with van der Waals surface area (Å²) in [6.45, 7) is 4.28. The third-order valence-electron chi connectivity index (χ3n) is 2.27. The van der Waals surface area contributed by atoms with Gasteiger partial charge >= 0.3 is 5.92 Å². The van der Waals surface area contributed by atoms with E-state index < -0.39 is 11.8 Å². The first-order chi connectivity index (χ1) is 7.99. The average molecular weight is 244 g/mol. The zero-order valence-corrected chi connectivity index (χ0v) is 9.53. The fourth-order valence-corrected chi connectivity index (χ4v) is 1.34. The molecule has 1 atom stereocenters. The summed E-state index contributed by atoms with van der Waals surface area (Å²) in [5.74, 6) is -3.92. The van der Waals surface area contributed by atoms with Crippen LogP contribution in [0.1, 0.15) is 43.8 Å². The van der Waals surface area contributed by atoms with Crippen molar-refractivity contribution in [2.24, 2.45) is 0 Å². The van der Waals surface area contributed by atoms with Gasteiger partial charge in [-0.25, -0.2) is 0 Å². The number of rotatable bonds is 7. The van der Waals surface area contributed by atoms with Crippen LogP contribution in [0.5, 0.6) is 0 Å². The maximum absolute atomic E-state index is 12.9. The number of halogens is 2. The smallest absolute Gasteiger partial charge is 0.322 e. The molecule has 0 aromatic carbocycles. The van der Waals surface area contributed by atoms with Crippen LogP contribution in [0.3, 0.4) is 0 Å². The molecule has 1 aromatic rings. The molecule has 0 saturated heterocycles. The Bertz CT molecular complexity index is 385. The topological polar surface area (TPSA) is 56.0 Å². The van der Waals surface area contributed by atoms with Crippen molar-refractivity contribution in [3.63, 3.8) is 0 Å². The third-order valence-corrected chi connectivity index (χ3v) is 2.27. The van der Waals surface area contributed by atoms with Crippen LogP contribution in [0.25, 0.3) is 0 Å². The van der Waals surface area contributed by atoms with Crippen LogP contribution in [-0.4, -0.2) is 16.4 Å². The minimum atomic E-state index is -3.14. The molecule has 0 N–H and O–H groups in total. The minimum absolute atomic E-state index is 0.183. The normalized spacial score (nSPS) is 13.4. The lowest BCUT2D eigenvalue weighted by molar-refractivity contribution is -0.107. The molecule has 1 heterocycles. The van der Waals surface area contributed by atoms with Crippen molar-refractivity contribution in [3.8, 4) is 0 Å².